The van der Waals surface area contributed by atoms with Crippen LogP contribution in [0.1, 0.15) is 17.5 Å². The molecule has 17 heavy (non-hydrogen) atoms. The largest absolute Gasteiger partial charge is 0.216 e. The Morgan fingerprint density at radius 3 is 2.35 bits per heavy atom. The predicted molar refractivity (Wildman–Crippen MR) is 69.5 cm³/mol. The maximum atomic E-state index is 5.88. The number of hydrogen-bond donors (Lipinski definition) is 0. The number of aromatic nitrogens is 2. The van der Waals surface area contributed by atoms with Crippen LogP contribution < -0.4 is 0 Å². The highest BCUT2D eigenvalue weighted by Gasteiger charge is 2.13. The van der Waals surface area contributed by atoms with Crippen LogP contribution in [0.25, 0.3) is 11.4 Å². The molecule has 1 aliphatic rings. The fourth-order valence-electron chi connectivity index (χ4n) is 2.23. The van der Waals surface area contributed by atoms with Gasteiger partial charge >= 0.3 is 0 Å². The first kappa shape index (κ1) is 11.0. The second-order valence-corrected chi connectivity index (χ2v) is 4.95. The summed E-state index contributed by atoms with van der Waals surface area (Å²) in [4.78, 5) is 8.40. The molecule has 1 aromatic carbocycles. The minimum absolute atomic E-state index is 0.375. The number of rotatable bonds is 1. The zero-order valence-corrected chi connectivity index (χ0v) is 10.6. The normalized spacial score (nSPS) is 13.8. The summed E-state index contributed by atoms with van der Waals surface area (Å²) in [6, 6.07) is 7.87. The Bertz CT molecular complexity index is 561. The smallest absolute Gasteiger partial charge is 0.162 e. The lowest BCUT2D eigenvalue weighted by atomic mass is 10.1. The molecule has 0 bridgehead atoms. The molecule has 0 amide bonds. The molecule has 2 nitrogen and oxygen atoms in total. The van der Waals surface area contributed by atoms with E-state index in [1.165, 1.54) is 24.0 Å². The van der Waals surface area contributed by atoms with Crippen molar-refractivity contribution in [2.75, 3.05) is 0 Å². The summed E-state index contributed by atoms with van der Waals surface area (Å²) in [6.07, 6.45) is 3.54. The molecule has 0 radical (unpaired) electrons. The van der Waals surface area contributed by atoms with Gasteiger partial charge in [-0.25, -0.2) is 9.97 Å². The van der Waals surface area contributed by atoms with Gasteiger partial charge < -0.3 is 0 Å². The van der Waals surface area contributed by atoms with Gasteiger partial charge in [0.2, 0.25) is 0 Å². The van der Waals surface area contributed by atoms with Gasteiger partial charge in [0.25, 0.3) is 0 Å². The molecule has 1 heterocycles. The molecule has 4 heteroatoms. The highest BCUT2D eigenvalue weighted by molar-refractivity contribution is 6.33. The van der Waals surface area contributed by atoms with Crippen LogP contribution in [-0.2, 0) is 12.8 Å². The quantitative estimate of drug-likeness (QED) is 0.730. The number of hydrogen-bond acceptors (Lipinski definition) is 2. The Morgan fingerprint density at radius 1 is 0.882 bits per heavy atom. The van der Waals surface area contributed by atoms with Crippen molar-refractivity contribution in [1.29, 1.82) is 0 Å². The van der Waals surface area contributed by atoms with Gasteiger partial charge in [0.15, 0.2) is 5.82 Å². The molecule has 0 unspecified atom stereocenters. The van der Waals surface area contributed by atoms with E-state index in [4.69, 9.17) is 23.2 Å². The standard InChI is InChI=1S/C13H10Cl2N2/c14-11-7-12(15)17-13(16-11)10-5-4-8-2-1-3-9(8)6-10/h4-7H,1-3H2. The van der Waals surface area contributed by atoms with Crippen LogP contribution in [0.4, 0.5) is 0 Å². The third-order valence-corrected chi connectivity index (χ3v) is 3.41. The van der Waals surface area contributed by atoms with E-state index in [-0.39, 0.29) is 0 Å². The Hall–Kier alpha value is -1.12. The van der Waals surface area contributed by atoms with Gasteiger partial charge in [0.1, 0.15) is 10.3 Å². The van der Waals surface area contributed by atoms with Crippen molar-refractivity contribution in [3.05, 3.63) is 45.7 Å². The van der Waals surface area contributed by atoms with Crippen molar-refractivity contribution in [3.8, 4) is 11.4 Å². The SMILES string of the molecule is Clc1cc(Cl)nc(-c2ccc3c(c2)CCC3)n1. The van der Waals surface area contributed by atoms with Crippen LogP contribution in [0.5, 0.6) is 0 Å². The second kappa shape index (κ2) is 4.28. The fourth-order valence-corrected chi connectivity index (χ4v) is 2.65. The average Bonchev–Trinajstić information content (AvgIpc) is 2.74. The minimum Gasteiger partial charge on any atom is -0.216 e. The van der Waals surface area contributed by atoms with E-state index in [1.54, 1.807) is 6.07 Å². The van der Waals surface area contributed by atoms with Crippen molar-refractivity contribution < 1.29 is 0 Å². The van der Waals surface area contributed by atoms with Gasteiger partial charge in [-0.05, 0) is 36.5 Å². The lowest BCUT2D eigenvalue weighted by molar-refractivity contribution is 0.912. The van der Waals surface area contributed by atoms with Crippen molar-refractivity contribution >= 4 is 23.2 Å². The molecule has 0 saturated carbocycles. The summed E-state index contributed by atoms with van der Waals surface area (Å²) < 4.78 is 0. The molecule has 2 aromatic rings. The number of aryl methyl sites for hydroxylation is 2. The molecule has 0 fully saturated rings. The minimum atomic E-state index is 0.375. The zero-order chi connectivity index (χ0) is 11.8. The molecular formula is C13H10Cl2N2. The summed E-state index contributed by atoms with van der Waals surface area (Å²) >= 11 is 11.8. The number of halogens is 2. The van der Waals surface area contributed by atoms with Gasteiger partial charge in [0, 0.05) is 11.6 Å². The van der Waals surface area contributed by atoms with Gasteiger partial charge in [-0.2, -0.15) is 0 Å². The predicted octanol–water partition coefficient (Wildman–Crippen LogP) is 3.94. The van der Waals surface area contributed by atoms with E-state index >= 15 is 0 Å². The first-order valence-electron chi connectivity index (χ1n) is 5.54. The van der Waals surface area contributed by atoms with Crippen LogP contribution in [0.2, 0.25) is 10.3 Å². The van der Waals surface area contributed by atoms with Crippen molar-refractivity contribution in [2.24, 2.45) is 0 Å². The molecule has 0 atom stereocenters. The number of nitrogens with zero attached hydrogens (tertiary/aromatic N) is 2. The first-order valence-corrected chi connectivity index (χ1v) is 6.30. The zero-order valence-electron chi connectivity index (χ0n) is 9.08. The van der Waals surface area contributed by atoms with E-state index in [0.29, 0.717) is 16.1 Å². The van der Waals surface area contributed by atoms with Gasteiger partial charge in [-0.15, -0.1) is 0 Å². The molecule has 0 saturated heterocycles. The molecule has 1 aromatic heterocycles. The molecule has 3 rings (SSSR count). The van der Waals surface area contributed by atoms with Crippen LogP contribution in [-0.4, -0.2) is 9.97 Å². The van der Waals surface area contributed by atoms with Crippen LogP contribution >= 0.6 is 23.2 Å². The third kappa shape index (κ3) is 2.15. The third-order valence-electron chi connectivity index (χ3n) is 3.02. The van der Waals surface area contributed by atoms with Gasteiger partial charge in [-0.3, -0.25) is 0 Å². The Morgan fingerprint density at radius 2 is 1.59 bits per heavy atom. The summed E-state index contributed by atoms with van der Waals surface area (Å²) in [5.74, 6) is 0.595. The Kier molecular flexibility index (Phi) is 2.77. The van der Waals surface area contributed by atoms with Crippen LogP contribution in [0.15, 0.2) is 24.3 Å². The maximum absolute atomic E-state index is 5.88. The number of fused-ring (bicyclic) bond motifs is 1. The van der Waals surface area contributed by atoms with Crippen LogP contribution in [0, 0.1) is 0 Å². The van der Waals surface area contributed by atoms with E-state index in [9.17, 15) is 0 Å². The summed E-state index contributed by atoms with van der Waals surface area (Å²) in [6.45, 7) is 0. The summed E-state index contributed by atoms with van der Waals surface area (Å²) in [5, 5.41) is 0.751. The fraction of sp³-hybridized carbons (Fsp3) is 0.231. The Labute approximate surface area is 110 Å². The van der Waals surface area contributed by atoms with Crippen molar-refractivity contribution in [1.82, 2.24) is 9.97 Å². The molecule has 1 aliphatic carbocycles. The highest BCUT2D eigenvalue weighted by Crippen LogP contribution is 2.27. The second-order valence-electron chi connectivity index (χ2n) is 4.17. The highest BCUT2D eigenvalue weighted by atomic mass is 35.5. The molecular weight excluding hydrogens is 255 g/mol. The number of benzene rings is 1. The van der Waals surface area contributed by atoms with Crippen molar-refractivity contribution in [2.45, 2.75) is 19.3 Å². The van der Waals surface area contributed by atoms with E-state index in [0.717, 1.165) is 12.0 Å². The lowest BCUT2D eigenvalue weighted by Gasteiger charge is -2.04. The summed E-state index contributed by atoms with van der Waals surface area (Å²) in [5.41, 5.74) is 3.80. The van der Waals surface area contributed by atoms with Gasteiger partial charge in [-0.1, -0.05) is 35.3 Å². The van der Waals surface area contributed by atoms with Crippen molar-refractivity contribution in [3.63, 3.8) is 0 Å². The first-order chi connectivity index (χ1) is 8.22. The van der Waals surface area contributed by atoms with E-state index in [1.807, 2.05) is 6.07 Å². The maximum Gasteiger partial charge on any atom is 0.162 e. The van der Waals surface area contributed by atoms with Crippen LogP contribution in [0.3, 0.4) is 0 Å². The van der Waals surface area contributed by atoms with E-state index < -0.39 is 0 Å². The average molecular weight is 265 g/mol. The molecule has 0 aliphatic heterocycles. The monoisotopic (exact) mass is 264 g/mol. The molecule has 86 valence electrons. The molecule has 0 spiro atoms. The van der Waals surface area contributed by atoms with Gasteiger partial charge in [0.05, 0.1) is 0 Å². The lowest BCUT2D eigenvalue weighted by Crippen LogP contribution is -1.91. The summed E-state index contributed by atoms with van der Waals surface area (Å²) in [7, 11) is 0. The topological polar surface area (TPSA) is 25.8 Å². The molecule has 0 N–H and O–H groups in total. The Balaban J connectivity index is 2.09. The van der Waals surface area contributed by atoms with E-state index in [2.05, 4.69) is 22.1 Å².